The smallest absolute Gasteiger partial charge is 0.407 e. The molecule has 2 amide bonds. The van der Waals surface area contributed by atoms with Crippen LogP contribution in [0.4, 0.5) is 9.59 Å². The molecule has 3 aliphatic carbocycles. The third-order valence-corrected chi connectivity index (χ3v) is 8.28. The van der Waals surface area contributed by atoms with Crippen LogP contribution in [0.3, 0.4) is 0 Å². The highest BCUT2D eigenvalue weighted by Gasteiger charge is 2.56. The normalized spacial score (nSPS) is 26.9. The van der Waals surface area contributed by atoms with Gasteiger partial charge in [-0.2, -0.15) is 0 Å². The Morgan fingerprint density at radius 3 is 2.00 bits per heavy atom. The van der Waals surface area contributed by atoms with Gasteiger partial charge in [-0.25, -0.2) is 14.4 Å². The topological polar surface area (TPSA) is 129 Å². The lowest BCUT2D eigenvalue weighted by atomic mass is 9.71. The summed E-state index contributed by atoms with van der Waals surface area (Å²) in [6.45, 7) is 10.0. The van der Waals surface area contributed by atoms with Gasteiger partial charge in [0.15, 0.2) is 0 Å². The quantitative estimate of drug-likeness (QED) is 0.148. The molecule has 10 nitrogen and oxygen atoms in total. The van der Waals surface area contributed by atoms with Crippen LogP contribution in [0.2, 0.25) is 0 Å². The number of nitrogens with one attached hydrogen (secondary N) is 2. The average Bonchev–Trinajstić information content (AvgIpc) is 3.57. The molecule has 0 aromatic heterocycles. The Morgan fingerprint density at radius 2 is 1.39 bits per heavy atom. The van der Waals surface area contributed by atoms with E-state index in [2.05, 4.69) is 17.2 Å². The van der Waals surface area contributed by atoms with Crippen LogP contribution in [0.1, 0.15) is 59.3 Å². The lowest BCUT2D eigenvalue weighted by Gasteiger charge is -2.34. The molecule has 2 bridgehead atoms. The fraction of sp³-hybridized carbons (Fsp3) is 0.786. The van der Waals surface area contributed by atoms with Gasteiger partial charge in [-0.3, -0.25) is 4.79 Å². The van der Waals surface area contributed by atoms with Crippen molar-refractivity contribution < 1.29 is 38.1 Å². The lowest BCUT2D eigenvalue weighted by Crippen LogP contribution is -2.32. The second-order valence-corrected chi connectivity index (χ2v) is 11.2. The third kappa shape index (κ3) is 8.36. The zero-order valence-corrected chi connectivity index (χ0v) is 23.0. The molecule has 3 rings (SSSR count). The van der Waals surface area contributed by atoms with Gasteiger partial charge in [-0.1, -0.05) is 20.4 Å². The van der Waals surface area contributed by atoms with Crippen molar-refractivity contribution in [3.63, 3.8) is 0 Å². The summed E-state index contributed by atoms with van der Waals surface area (Å²) in [4.78, 5) is 46.7. The second-order valence-electron chi connectivity index (χ2n) is 11.2. The molecule has 0 spiro atoms. The van der Waals surface area contributed by atoms with Crippen LogP contribution in [0.25, 0.3) is 0 Å². The zero-order valence-electron chi connectivity index (χ0n) is 23.0. The first-order chi connectivity index (χ1) is 18.2. The first-order valence-electron chi connectivity index (χ1n) is 14.0. The molecule has 214 valence electrons. The van der Waals surface area contributed by atoms with Crippen molar-refractivity contribution in [3.8, 4) is 0 Å². The summed E-state index contributed by atoms with van der Waals surface area (Å²) in [5.41, 5.74) is 0.321. The van der Waals surface area contributed by atoms with Crippen molar-refractivity contribution in [2.75, 3.05) is 39.5 Å². The Labute approximate surface area is 225 Å². The minimum Gasteiger partial charge on any atom is -0.464 e. The molecule has 6 unspecified atom stereocenters. The van der Waals surface area contributed by atoms with E-state index >= 15 is 0 Å². The molecule has 3 saturated carbocycles. The van der Waals surface area contributed by atoms with Gasteiger partial charge in [-0.15, -0.1) is 0 Å². The fourth-order valence-electron chi connectivity index (χ4n) is 6.65. The highest BCUT2D eigenvalue weighted by Crippen LogP contribution is 2.63. The Bertz CT molecular complexity index is 860. The molecule has 0 radical (unpaired) electrons. The SMILES string of the molecule is C=C(C)C(=O)OCCNC(=O)OCCC1CCC2C3CC(CCOC(=O)NCCOC(=O)C(C)C)C(C3)C12. The molecule has 0 aromatic rings. The molecule has 6 atom stereocenters. The number of carbonyl (C=O) groups excluding carboxylic acids is 4. The number of esters is 2. The Morgan fingerprint density at radius 1 is 0.789 bits per heavy atom. The number of alkyl carbamates (subject to hydrolysis) is 2. The largest absolute Gasteiger partial charge is 0.464 e. The van der Waals surface area contributed by atoms with Crippen LogP contribution in [-0.4, -0.2) is 63.6 Å². The van der Waals surface area contributed by atoms with Gasteiger partial charge in [0.05, 0.1) is 32.2 Å². The van der Waals surface area contributed by atoms with Crippen molar-refractivity contribution in [2.24, 2.45) is 41.4 Å². The van der Waals surface area contributed by atoms with Crippen molar-refractivity contribution in [3.05, 3.63) is 12.2 Å². The van der Waals surface area contributed by atoms with E-state index in [1.54, 1.807) is 20.8 Å². The zero-order chi connectivity index (χ0) is 27.7. The standard InChI is InChI=1S/C28H44N2O8/c1-17(2)25(31)35-13-9-29-27(33)37-11-7-19-5-6-22-21-15-20(23(16-21)24(19)22)8-12-38-28(34)30-10-14-36-26(32)18(3)4/h18-24H,1,5-16H2,2-4H3,(H,29,33)(H,30,34). The fourth-order valence-corrected chi connectivity index (χ4v) is 6.65. The minimum atomic E-state index is -0.495. The monoisotopic (exact) mass is 536 g/mol. The van der Waals surface area contributed by atoms with Crippen LogP contribution in [0.5, 0.6) is 0 Å². The molecule has 0 aromatic carbocycles. The van der Waals surface area contributed by atoms with E-state index in [-0.39, 0.29) is 38.2 Å². The molecule has 3 fully saturated rings. The van der Waals surface area contributed by atoms with Crippen molar-refractivity contribution in [1.29, 1.82) is 0 Å². The molecule has 10 heteroatoms. The van der Waals surface area contributed by atoms with E-state index in [0.29, 0.717) is 42.5 Å². The van der Waals surface area contributed by atoms with Crippen LogP contribution in [-0.2, 0) is 28.5 Å². The predicted octanol–water partition coefficient (Wildman–Crippen LogP) is 3.84. The summed E-state index contributed by atoms with van der Waals surface area (Å²) in [5.74, 6) is 3.02. The lowest BCUT2D eigenvalue weighted by molar-refractivity contribution is -0.147. The minimum absolute atomic E-state index is 0.0801. The summed E-state index contributed by atoms with van der Waals surface area (Å²) < 4.78 is 20.7. The van der Waals surface area contributed by atoms with Crippen LogP contribution < -0.4 is 10.6 Å². The van der Waals surface area contributed by atoms with Gasteiger partial charge >= 0.3 is 24.1 Å². The highest BCUT2D eigenvalue weighted by molar-refractivity contribution is 5.86. The van der Waals surface area contributed by atoms with E-state index in [4.69, 9.17) is 18.9 Å². The first kappa shape index (κ1) is 29.8. The maximum absolute atomic E-state index is 12.0. The van der Waals surface area contributed by atoms with E-state index in [9.17, 15) is 19.2 Å². The molecule has 0 heterocycles. The third-order valence-electron chi connectivity index (χ3n) is 8.28. The molecule has 3 aliphatic rings. The maximum Gasteiger partial charge on any atom is 0.407 e. The van der Waals surface area contributed by atoms with Crippen molar-refractivity contribution in [2.45, 2.75) is 59.3 Å². The Hall–Kier alpha value is -2.78. The van der Waals surface area contributed by atoms with Gasteiger partial charge in [0.25, 0.3) is 0 Å². The van der Waals surface area contributed by atoms with E-state index < -0.39 is 18.2 Å². The van der Waals surface area contributed by atoms with E-state index in [1.165, 1.54) is 25.7 Å². The molecule has 38 heavy (non-hydrogen) atoms. The summed E-state index contributed by atoms with van der Waals surface area (Å²) in [7, 11) is 0. The van der Waals surface area contributed by atoms with Crippen LogP contribution in [0.15, 0.2) is 12.2 Å². The summed E-state index contributed by atoms with van der Waals surface area (Å²) in [6.07, 6.45) is 5.65. The molecular formula is C28H44N2O8. The van der Waals surface area contributed by atoms with Gasteiger partial charge in [-0.05, 0) is 81.0 Å². The number of hydrogen-bond acceptors (Lipinski definition) is 8. The number of amides is 2. The molecular weight excluding hydrogens is 492 g/mol. The molecule has 2 N–H and O–H groups in total. The van der Waals surface area contributed by atoms with Crippen LogP contribution in [0, 0.1) is 41.4 Å². The molecule has 0 aliphatic heterocycles. The summed E-state index contributed by atoms with van der Waals surface area (Å²) >= 11 is 0. The number of hydrogen-bond donors (Lipinski definition) is 2. The van der Waals surface area contributed by atoms with Crippen LogP contribution >= 0.6 is 0 Å². The van der Waals surface area contributed by atoms with Crippen molar-refractivity contribution >= 4 is 24.1 Å². The maximum atomic E-state index is 12.0. The van der Waals surface area contributed by atoms with Gasteiger partial charge < -0.3 is 29.6 Å². The first-order valence-corrected chi connectivity index (χ1v) is 14.0. The number of rotatable bonds is 14. The Balaban J connectivity index is 1.29. The van der Waals surface area contributed by atoms with E-state index in [1.807, 2.05) is 0 Å². The van der Waals surface area contributed by atoms with Gasteiger partial charge in [0.1, 0.15) is 13.2 Å². The van der Waals surface area contributed by atoms with Gasteiger partial charge in [0.2, 0.25) is 0 Å². The predicted molar refractivity (Wildman–Crippen MR) is 139 cm³/mol. The summed E-state index contributed by atoms with van der Waals surface area (Å²) in [5, 5.41) is 5.23. The molecule has 0 saturated heterocycles. The summed E-state index contributed by atoms with van der Waals surface area (Å²) in [6, 6.07) is 0. The van der Waals surface area contributed by atoms with Crippen molar-refractivity contribution in [1.82, 2.24) is 10.6 Å². The number of carbonyl (C=O) groups is 4. The second kappa shape index (κ2) is 14.4. The number of fused-ring (bicyclic) bond motifs is 5. The van der Waals surface area contributed by atoms with Gasteiger partial charge in [0, 0.05) is 5.57 Å². The Kier molecular flexibility index (Phi) is 11.3. The number of ether oxygens (including phenoxy) is 4. The highest BCUT2D eigenvalue weighted by atomic mass is 16.6. The average molecular weight is 537 g/mol. The van der Waals surface area contributed by atoms with E-state index in [0.717, 1.165) is 24.7 Å².